The second kappa shape index (κ2) is 2.10. The third-order valence-corrected chi connectivity index (χ3v) is 2.48. The Morgan fingerprint density at radius 3 is 3.40 bits per heavy atom. The lowest BCUT2D eigenvalue weighted by molar-refractivity contribution is 0.846. The highest BCUT2D eigenvalue weighted by molar-refractivity contribution is 8.04. The van der Waals surface area contributed by atoms with Gasteiger partial charge in [0.25, 0.3) is 0 Å². The van der Waals surface area contributed by atoms with E-state index in [0.717, 1.165) is 5.70 Å². The number of rotatable bonds is 0. The Bertz CT molecular complexity index is 288. The molecule has 2 rings (SSSR count). The van der Waals surface area contributed by atoms with E-state index in [1.807, 2.05) is 17.8 Å². The van der Waals surface area contributed by atoms with Crippen molar-refractivity contribution in [3.05, 3.63) is 34.2 Å². The molecule has 1 fully saturated rings. The van der Waals surface area contributed by atoms with Crippen LogP contribution in [-0.2, 0) is 0 Å². The SMILES string of the molecule is CC1NC2=C=C=CC=C2S1. The number of hydrogen-bond acceptors (Lipinski definition) is 2. The highest BCUT2D eigenvalue weighted by Gasteiger charge is 2.19. The molecular formula is C8H7NS. The first-order valence-corrected chi connectivity index (χ1v) is 4.10. The van der Waals surface area contributed by atoms with E-state index in [1.54, 1.807) is 0 Å². The van der Waals surface area contributed by atoms with E-state index >= 15 is 0 Å². The summed E-state index contributed by atoms with van der Waals surface area (Å²) in [4.78, 5) is 1.28. The third-order valence-electron chi connectivity index (χ3n) is 1.41. The van der Waals surface area contributed by atoms with Crippen LogP contribution in [0.1, 0.15) is 6.92 Å². The minimum atomic E-state index is 0.488. The predicted octanol–water partition coefficient (Wildman–Crippen LogP) is 1.76. The van der Waals surface area contributed by atoms with Crippen molar-refractivity contribution in [2.75, 3.05) is 0 Å². The Balaban J connectivity index is 2.44. The van der Waals surface area contributed by atoms with Gasteiger partial charge in [0.15, 0.2) is 0 Å². The van der Waals surface area contributed by atoms with E-state index in [-0.39, 0.29) is 0 Å². The lowest BCUT2D eigenvalue weighted by Gasteiger charge is -1.96. The number of allylic oxidation sites excluding steroid dienone is 2. The Morgan fingerprint density at radius 1 is 1.70 bits per heavy atom. The van der Waals surface area contributed by atoms with Crippen molar-refractivity contribution in [2.45, 2.75) is 12.3 Å². The molecule has 2 heteroatoms. The minimum Gasteiger partial charge on any atom is -0.365 e. The predicted molar refractivity (Wildman–Crippen MR) is 43.4 cm³/mol. The van der Waals surface area contributed by atoms with Gasteiger partial charge in [0.2, 0.25) is 0 Å². The fourth-order valence-electron chi connectivity index (χ4n) is 1.00. The van der Waals surface area contributed by atoms with Crippen molar-refractivity contribution in [3.8, 4) is 0 Å². The second-order valence-electron chi connectivity index (χ2n) is 2.25. The molecule has 1 N–H and O–H groups in total. The topological polar surface area (TPSA) is 12.0 Å². The first-order valence-electron chi connectivity index (χ1n) is 3.22. The molecular weight excluding hydrogens is 142 g/mol. The number of thioether (sulfide) groups is 1. The molecule has 1 saturated heterocycles. The molecule has 0 aromatic heterocycles. The Labute approximate surface area is 64.2 Å². The first kappa shape index (κ1) is 5.94. The lowest BCUT2D eigenvalue weighted by atomic mass is 10.3. The van der Waals surface area contributed by atoms with Gasteiger partial charge in [-0.3, -0.25) is 0 Å². The van der Waals surface area contributed by atoms with Crippen molar-refractivity contribution in [2.24, 2.45) is 0 Å². The fourth-order valence-corrected chi connectivity index (χ4v) is 1.94. The number of fused-ring (bicyclic) bond motifs is 1. The van der Waals surface area contributed by atoms with E-state index in [4.69, 9.17) is 0 Å². The molecule has 1 heterocycles. The van der Waals surface area contributed by atoms with Gasteiger partial charge in [-0.2, -0.15) is 0 Å². The summed E-state index contributed by atoms with van der Waals surface area (Å²) in [5.41, 5.74) is 7.03. The van der Waals surface area contributed by atoms with Crippen LogP contribution in [0.25, 0.3) is 0 Å². The van der Waals surface area contributed by atoms with Gasteiger partial charge in [-0.25, -0.2) is 0 Å². The summed E-state index contributed by atoms with van der Waals surface area (Å²) >= 11 is 1.83. The van der Waals surface area contributed by atoms with Crippen LogP contribution in [0.2, 0.25) is 0 Å². The third kappa shape index (κ3) is 0.833. The summed E-state index contributed by atoms with van der Waals surface area (Å²) in [5, 5.41) is 3.76. The normalized spacial score (nSPS) is 27.1. The van der Waals surface area contributed by atoms with Gasteiger partial charge in [0, 0.05) is 4.91 Å². The van der Waals surface area contributed by atoms with Crippen molar-refractivity contribution < 1.29 is 0 Å². The molecule has 10 heavy (non-hydrogen) atoms. The Morgan fingerprint density at radius 2 is 2.60 bits per heavy atom. The van der Waals surface area contributed by atoms with E-state index < -0.39 is 0 Å². The second-order valence-corrected chi connectivity index (χ2v) is 3.63. The molecule has 1 atom stereocenters. The maximum absolute atomic E-state index is 3.27. The lowest BCUT2D eigenvalue weighted by Crippen LogP contribution is -2.12. The van der Waals surface area contributed by atoms with Gasteiger partial charge in [-0.15, -0.1) is 0 Å². The van der Waals surface area contributed by atoms with Crippen molar-refractivity contribution in [1.82, 2.24) is 5.32 Å². The van der Waals surface area contributed by atoms with Gasteiger partial charge >= 0.3 is 0 Å². The molecule has 50 valence electrons. The molecule has 1 nitrogen and oxygen atoms in total. The standard InChI is InChI=1S/C8H7NS/c1-6-9-7-4-2-3-5-8(7)10-6/h3,5-6,9H,1H3. The molecule has 0 aromatic carbocycles. The van der Waals surface area contributed by atoms with Crippen LogP contribution in [0, 0.1) is 0 Å². The molecule has 0 radical (unpaired) electrons. The smallest absolute Gasteiger partial charge is 0.100 e. The Hall–Kier alpha value is -0.810. The van der Waals surface area contributed by atoms with Gasteiger partial charge < -0.3 is 5.32 Å². The van der Waals surface area contributed by atoms with Gasteiger partial charge in [-0.05, 0) is 24.8 Å². The minimum absolute atomic E-state index is 0.488. The largest absolute Gasteiger partial charge is 0.365 e. The number of hydrogen-bond donors (Lipinski definition) is 1. The molecule has 1 aliphatic carbocycles. The maximum atomic E-state index is 3.27. The molecule has 0 bridgehead atoms. The maximum Gasteiger partial charge on any atom is 0.100 e. The molecule has 1 aliphatic heterocycles. The zero-order valence-electron chi connectivity index (χ0n) is 5.64. The summed E-state index contributed by atoms with van der Waals surface area (Å²) < 4.78 is 0. The van der Waals surface area contributed by atoms with Crippen LogP contribution in [0.5, 0.6) is 0 Å². The van der Waals surface area contributed by atoms with Crippen LogP contribution in [-0.4, -0.2) is 5.37 Å². The first-order chi connectivity index (χ1) is 4.86. The van der Waals surface area contributed by atoms with Crippen LogP contribution < -0.4 is 5.32 Å². The van der Waals surface area contributed by atoms with E-state index in [2.05, 4.69) is 29.8 Å². The summed E-state index contributed by atoms with van der Waals surface area (Å²) in [6.07, 6.45) is 3.96. The van der Waals surface area contributed by atoms with Gasteiger partial charge in [-0.1, -0.05) is 17.5 Å². The summed E-state index contributed by atoms with van der Waals surface area (Å²) in [7, 11) is 0. The van der Waals surface area contributed by atoms with Crippen LogP contribution in [0.15, 0.2) is 34.2 Å². The highest BCUT2D eigenvalue weighted by Crippen LogP contribution is 2.33. The van der Waals surface area contributed by atoms with Crippen molar-refractivity contribution >= 4 is 11.8 Å². The molecule has 0 spiro atoms. The quantitative estimate of drug-likeness (QED) is 0.527. The van der Waals surface area contributed by atoms with Crippen LogP contribution in [0.3, 0.4) is 0 Å². The summed E-state index contributed by atoms with van der Waals surface area (Å²) in [5.74, 6) is 0. The molecule has 0 aromatic rings. The van der Waals surface area contributed by atoms with E-state index in [9.17, 15) is 0 Å². The Kier molecular flexibility index (Phi) is 1.25. The molecule has 2 aliphatic rings. The van der Waals surface area contributed by atoms with Gasteiger partial charge in [0.1, 0.15) is 5.70 Å². The molecule has 0 amide bonds. The summed E-state index contributed by atoms with van der Waals surface area (Å²) in [6, 6.07) is 0. The number of nitrogens with one attached hydrogen (secondary N) is 1. The summed E-state index contributed by atoms with van der Waals surface area (Å²) in [6.45, 7) is 2.14. The fraction of sp³-hybridized carbons (Fsp3) is 0.250. The van der Waals surface area contributed by atoms with Crippen molar-refractivity contribution in [1.29, 1.82) is 0 Å². The monoisotopic (exact) mass is 149 g/mol. The van der Waals surface area contributed by atoms with E-state index in [0.29, 0.717) is 5.37 Å². The molecule has 1 unspecified atom stereocenters. The average Bonchev–Trinajstić information content (AvgIpc) is 2.27. The zero-order chi connectivity index (χ0) is 6.97. The van der Waals surface area contributed by atoms with Crippen LogP contribution >= 0.6 is 11.8 Å². The average molecular weight is 149 g/mol. The van der Waals surface area contributed by atoms with E-state index in [1.165, 1.54) is 4.91 Å². The highest BCUT2D eigenvalue weighted by atomic mass is 32.2. The molecule has 0 saturated carbocycles. The van der Waals surface area contributed by atoms with Crippen molar-refractivity contribution in [3.63, 3.8) is 0 Å². The van der Waals surface area contributed by atoms with Crippen LogP contribution in [0.4, 0.5) is 0 Å². The zero-order valence-corrected chi connectivity index (χ0v) is 6.46. The van der Waals surface area contributed by atoms with Gasteiger partial charge in [0.05, 0.1) is 5.37 Å².